The van der Waals surface area contributed by atoms with Crippen molar-refractivity contribution in [2.45, 2.75) is 13.0 Å². The van der Waals surface area contributed by atoms with Crippen molar-refractivity contribution in [3.63, 3.8) is 0 Å². The number of aromatic nitrogens is 2. The summed E-state index contributed by atoms with van der Waals surface area (Å²) in [5.74, 6) is 1.39. The average molecular weight is 438 g/mol. The number of non-ortho nitro benzene ring substituents is 1. The molecule has 0 aliphatic rings. The number of hydrogen-bond donors (Lipinski definition) is 0. The number of nitro benzene ring substituents is 1. The molecule has 3 rings (SSSR count). The summed E-state index contributed by atoms with van der Waals surface area (Å²) in [6.45, 7) is 1.29. The summed E-state index contributed by atoms with van der Waals surface area (Å²) in [7, 11) is 6.99. The summed E-state index contributed by atoms with van der Waals surface area (Å²) in [4.78, 5) is 30.7. The topological polar surface area (TPSA) is 99.7 Å². The van der Waals surface area contributed by atoms with Gasteiger partial charge in [0.05, 0.1) is 30.0 Å². The van der Waals surface area contributed by atoms with Crippen LogP contribution in [0.2, 0.25) is 0 Å². The fourth-order valence-electron chi connectivity index (χ4n) is 3.37. The van der Waals surface area contributed by atoms with Crippen molar-refractivity contribution in [1.29, 1.82) is 0 Å². The number of rotatable bonds is 9. The van der Waals surface area contributed by atoms with E-state index in [1.807, 2.05) is 19.0 Å². The van der Waals surface area contributed by atoms with Gasteiger partial charge in [0, 0.05) is 24.7 Å². The second kappa shape index (κ2) is 10.1. The first-order valence-electron chi connectivity index (χ1n) is 10.1. The highest BCUT2D eigenvalue weighted by Crippen LogP contribution is 2.30. The Labute approximate surface area is 185 Å². The van der Waals surface area contributed by atoms with Gasteiger partial charge in [-0.1, -0.05) is 18.2 Å². The van der Waals surface area contributed by atoms with Crippen LogP contribution >= 0.6 is 0 Å². The Morgan fingerprint density at radius 3 is 2.50 bits per heavy atom. The van der Waals surface area contributed by atoms with Gasteiger partial charge < -0.3 is 14.4 Å². The Hall–Kier alpha value is -3.72. The molecule has 0 amide bonds. The molecule has 2 aromatic carbocycles. The monoisotopic (exact) mass is 438 g/mol. The van der Waals surface area contributed by atoms with Crippen molar-refractivity contribution in [3.8, 4) is 11.5 Å². The number of nitro groups is 1. The Morgan fingerprint density at radius 1 is 1.12 bits per heavy atom. The van der Waals surface area contributed by atoms with Crippen LogP contribution in [-0.4, -0.2) is 54.2 Å². The van der Waals surface area contributed by atoms with Crippen molar-refractivity contribution in [2.75, 3.05) is 34.9 Å². The van der Waals surface area contributed by atoms with E-state index in [0.29, 0.717) is 40.3 Å². The summed E-state index contributed by atoms with van der Waals surface area (Å²) in [5, 5.41) is 11.5. The van der Waals surface area contributed by atoms with Crippen LogP contribution in [0.1, 0.15) is 17.8 Å². The van der Waals surface area contributed by atoms with Crippen LogP contribution in [0.3, 0.4) is 0 Å². The molecule has 9 nitrogen and oxygen atoms in total. The Kier molecular flexibility index (Phi) is 7.21. The van der Waals surface area contributed by atoms with Crippen LogP contribution in [0.15, 0.2) is 41.2 Å². The van der Waals surface area contributed by atoms with Crippen molar-refractivity contribution in [3.05, 3.63) is 68.3 Å². The van der Waals surface area contributed by atoms with Gasteiger partial charge in [0.15, 0.2) is 11.5 Å². The minimum atomic E-state index is -0.442. The molecule has 0 saturated heterocycles. The molecule has 9 heteroatoms. The first kappa shape index (κ1) is 23.0. The lowest BCUT2D eigenvalue weighted by molar-refractivity contribution is -0.384. The predicted octanol–water partition coefficient (Wildman–Crippen LogP) is 3.44. The third-order valence-corrected chi connectivity index (χ3v) is 4.98. The zero-order valence-electron chi connectivity index (χ0n) is 18.6. The van der Waals surface area contributed by atoms with Gasteiger partial charge in [-0.3, -0.25) is 19.5 Å². The van der Waals surface area contributed by atoms with Crippen LogP contribution in [0.5, 0.6) is 11.5 Å². The normalized spacial score (nSPS) is 11.4. The van der Waals surface area contributed by atoms with Crippen LogP contribution in [0.4, 0.5) is 5.69 Å². The third kappa shape index (κ3) is 5.12. The maximum absolute atomic E-state index is 13.3. The highest BCUT2D eigenvalue weighted by molar-refractivity contribution is 5.83. The Bertz CT molecular complexity index is 1220. The quantitative estimate of drug-likeness (QED) is 0.373. The summed E-state index contributed by atoms with van der Waals surface area (Å²) in [6.07, 6.45) is 4.17. The first-order valence-corrected chi connectivity index (χ1v) is 10.1. The maximum atomic E-state index is 13.3. The molecule has 0 unspecified atom stereocenters. The van der Waals surface area contributed by atoms with Crippen molar-refractivity contribution in [1.82, 2.24) is 14.5 Å². The molecule has 32 heavy (non-hydrogen) atoms. The van der Waals surface area contributed by atoms with Crippen molar-refractivity contribution >= 4 is 28.7 Å². The summed E-state index contributed by atoms with van der Waals surface area (Å²) >= 11 is 0. The molecule has 1 aromatic heterocycles. The van der Waals surface area contributed by atoms with Crippen molar-refractivity contribution in [2.24, 2.45) is 0 Å². The average Bonchev–Trinajstić information content (AvgIpc) is 2.78. The Balaban J connectivity index is 2.12. The number of benzene rings is 2. The van der Waals surface area contributed by atoms with Crippen LogP contribution in [0.25, 0.3) is 23.1 Å². The van der Waals surface area contributed by atoms with E-state index in [1.54, 1.807) is 41.0 Å². The second-order valence-electron chi connectivity index (χ2n) is 7.49. The molecule has 0 bridgehead atoms. The molecular weight excluding hydrogens is 412 g/mol. The largest absolute Gasteiger partial charge is 0.493 e. The summed E-state index contributed by atoms with van der Waals surface area (Å²) in [6, 6.07) is 9.59. The molecule has 0 radical (unpaired) electrons. The van der Waals surface area contributed by atoms with E-state index in [1.165, 1.54) is 26.4 Å². The summed E-state index contributed by atoms with van der Waals surface area (Å²) < 4.78 is 12.3. The lowest BCUT2D eigenvalue weighted by atomic mass is 10.1. The smallest absolute Gasteiger partial charge is 0.270 e. The fourth-order valence-corrected chi connectivity index (χ4v) is 3.37. The molecule has 0 aliphatic heterocycles. The molecule has 1 heterocycles. The van der Waals surface area contributed by atoms with E-state index in [-0.39, 0.29) is 11.2 Å². The molecule has 0 aliphatic carbocycles. The van der Waals surface area contributed by atoms with E-state index >= 15 is 0 Å². The molecule has 0 atom stereocenters. The Morgan fingerprint density at radius 2 is 1.84 bits per heavy atom. The van der Waals surface area contributed by atoms with E-state index < -0.39 is 4.92 Å². The van der Waals surface area contributed by atoms with Gasteiger partial charge in [0.2, 0.25) is 0 Å². The van der Waals surface area contributed by atoms with E-state index in [4.69, 9.17) is 9.47 Å². The first-order chi connectivity index (χ1) is 15.3. The van der Waals surface area contributed by atoms with E-state index in [9.17, 15) is 14.9 Å². The number of ether oxygens (including phenoxy) is 2. The molecule has 3 aromatic rings. The minimum Gasteiger partial charge on any atom is -0.493 e. The molecule has 0 spiro atoms. The number of methoxy groups -OCH3 is 2. The number of hydrogen-bond acceptors (Lipinski definition) is 7. The van der Waals surface area contributed by atoms with Crippen LogP contribution in [0, 0.1) is 10.1 Å². The van der Waals surface area contributed by atoms with Gasteiger partial charge in [-0.2, -0.15) is 0 Å². The van der Waals surface area contributed by atoms with Gasteiger partial charge in [-0.25, -0.2) is 4.98 Å². The maximum Gasteiger partial charge on any atom is 0.270 e. The zero-order valence-corrected chi connectivity index (χ0v) is 18.6. The van der Waals surface area contributed by atoms with Crippen molar-refractivity contribution < 1.29 is 14.4 Å². The van der Waals surface area contributed by atoms with E-state index in [0.717, 1.165) is 13.0 Å². The fraction of sp³-hybridized carbons (Fsp3) is 0.304. The molecule has 0 saturated carbocycles. The number of nitrogens with zero attached hydrogens (tertiary/aromatic N) is 4. The zero-order chi connectivity index (χ0) is 23.3. The SMILES string of the molecule is COc1cc2nc(/C=C/c3cccc([N+](=O)[O-])c3)n(CCCN(C)C)c(=O)c2cc1OC. The minimum absolute atomic E-state index is 0.00109. The highest BCUT2D eigenvalue weighted by atomic mass is 16.6. The van der Waals surface area contributed by atoms with Gasteiger partial charge in [0.1, 0.15) is 5.82 Å². The third-order valence-electron chi connectivity index (χ3n) is 4.98. The molecule has 0 N–H and O–H groups in total. The van der Waals surface area contributed by atoms with Gasteiger partial charge >= 0.3 is 0 Å². The van der Waals surface area contributed by atoms with Gasteiger partial charge in [-0.15, -0.1) is 0 Å². The van der Waals surface area contributed by atoms with Crippen LogP contribution < -0.4 is 15.0 Å². The summed E-state index contributed by atoms with van der Waals surface area (Å²) in [5.41, 5.74) is 0.933. The van der Waals surface area contributed by atoms with Crippen LogP contribution in [-0.2, 0) is 6.54 Å². The highest BCUT2D eigenvalue weighted by Gasteiger charge is 2.14. The van der Waals surface area contributed by atoms with Gasteiger partial charge in [-0.05, 0) is 44.8 Å². The van der Waals surface area contributed by atoms with Gasteiger partial charge in [0.25, 0.3) is 11.2 Å². The molecule has 0 fully saturated rings. The predicted molar refractivity (Wildman–Crippen MR) is 124 cm³/mol. The lowest BCUT2D eigenvalue weighted by Crippen LogP contribution is -2.26. The lowest BCUT2D eigenvalue weighted by Gasteiger charge is -2.15. The molecule has 168 valence electrons. The second-order valence-corrected chi connectivity index (χ2v) is 7.49. The molecular formula is C23H26N4O5. The standard InChI is InChI=1S/C23H26N4O5/c1-25(2)11-6-12-26-22(10-9-16-7-5-8-17(13-16)27(29)30)24-19-15-21(32-4)20(31-3)14-18(19)23(26)28/h5,7-10,13-15H,6,11-12H2,1-4H3/b10-9+. The van der Waals surface area contributed by atoms with E-state index in [2.05, 4.69) is 4.98 Å². The number of fused-ring (bicyclic) bond motifs is 1.